The molecular formula is C21H19ClF2N2S2. The first-order valence-electron chi connectivity index (χ1n) is 8.63. The van der Waals surface area contributed by atoms with Crippen molar-refractivity contribution in [3.05, 3.63) is 88.6 Å². The van der Waals surface area contributed by atoms with Gasteiger partial charge in [-0.3, -0.25) is 0 Å². The fraction of sp³-hybridized carbons (Fsp3) is 0.190. The van der Waals surface area contributed by atoms with Crippen molar-refractivity contribution in [2.24, 2.45) is 0 Å². The first-order valence-corrected chi connectivity index (χ1v) is 11.3. The Labute approximate surface area is 177 Å². The predicted octanol–water partition coefficient (Wildman–Crippen LogP) is 6.67. The van der Waals surface area contributed by atoms with Crippen LogP contribution in [0.1, 0.15) is 16.4 Å². The molecule has 0 spiro atoms. The molecule has 0 aliphatic rings. The van der Waals surface area contributed by atoms with Crippen molar-refractivity contribution in [3.63, 3.8) is 0 Å². The summed E-state index contributed by atoms with van der Waals surface area (Å²) in [4.78, 5) is 5.34. The van der Waals surface area contributed by atoms with E-state index in [1.54, 1.807) is 30.1 Å². The first kappa shape index (κ1) is 21.0. The Kier molecular flexibility index (Phi) is 7.59. The molecule has 0 amide bonds. The van der Waals surface area contributed by atoms with E-state index in [9.17, 15) is 8.78 Å². The monoisotopic (exact) mass is 436 g/mol. The van der Waals surface area contributed by atoms with Gasteiger partial charge in [-0.1, -0.05) is 17.7 Å². The van der Waals surface area contributed by atoms with E-state index >= 15 is 0 Å². The van der Waals surface area contributed by atoms with Gasteiger partial charge in [0, 0.05) is 34.0 Å². The third-order valence-corrected chi connectivity index (χ3v) is 6.18. The minimum absolute atomic E-state index is 0.282. The van der Waals surface area contributed by atoms with Crippen molar-refractivity contribution in [3.8, 4) is 0 Å². The van der Waals surface area contributed by atoms with Gasteiger partial charge in [0.2, 0.25) is 0 Å². The summed E-state index contributed by atoms with van der Waals surface area (Å²) >= 11 is 9.14. The lowest BCUT2D eigenvalue weighted by Crippen LogP contribution is -2.06. The van der Waals surface area contributed by atoms with Crippen LogP contribution in [0.15, 0.2) is 65.7 Å². The molecule has 0 radical (unpaired) electrons. The molecule has 0 aliphatic heterocycles. The molecule has 1 heterocycles. The van der Waals surface area contributed by atoms with E-state index in [0.717, 1.165) is 40.7 Å². The normalized spacial score (nSPS) is 12.0. The van der Waals surface area contributed by atoms with Gasteiger partial charge in [0.05, 0.1) is 5.25 Å². The standard InChI is InChI=1S/C21H19ClF2N2S2/c1-27-11-10-25-20-9-2-14(13-26-20)21(18-12-16(23)5-8-19(18)24)28-17-6-3-15(22)4-7-17/h2-9,12-13,21H,10-11H2,1H3,(H,25,26). The summed E-state index contributed by atoms with van der Waals surface area (Å²) in [7, 11) is 0. The SMILES string of the molecule is CSCCNc1ccc(C(Sc2ccc(Cl)cc2)c2cc(F)ccc2F)cn1. The number of benzene rings is 2. The van der Waals surface area contributed by atoms with Crippen LogP contribution < -0.4 is 5.32 Å². The third-order valence-electron chi connectivity index (χ3n) is 4.01. The van der Waals surface area contributed by atoms with Crippen LogP contribution in [0, 0.1) is 11.6 Å². The molecule has 0 saturated carbocycles. The smallest absolute Gasteiger partial charge is 0.128 e. The largest absolute Gasteiger partial charge is 0.369 e. The fourth-order valence-electron chi connectivity index (χ4n) is 2.62. The summed E-state index contributed by atoms with van der Waals surface area (Å²) in [5, 5.41) is 3.43. The molecule has 146 valence electrons. The average molecular weight is 437 g/mol. The van der Waals surface area contributed by atoms with Gasteiger partial charge in [-0.2, -0.15) is 11.8 Å². The number of aromatic nitrogens is 1. The second-order valence-electron chi connectivity index (χ2n) is 6.01. The zero-order valence-corrected chi connectivity index (χ0v) is 17.6. The average Bonchev–Trinajstić information content (AvgIpc) is 2.70. The number of nitrogens with one attached hydrogen (secondary N) is 1. The number of halogens is 3. The molecule has 28 heavy (non-hydrogen) atoms. The van der Waals surface area contributed by atoms with Crippen LogP contribution in [0.25, 0.3) is 0 Å². The Morgan fingerprint density at radius 1 is 1.07 bits per heavy atom. The second kappa shape index (κ2) is 10.1. The van der Waals surface area contributed by atoms with E-state index in [1.165, 1.54) is 17.8 Å². The van der Waals surface area contributed by atoms with Crippen LogP contribution in [0.2, 0.25) is 5.02 Å². The number of hydrogen-bond acceptors (Lipinski definition) is 4. The van der Waals surface area contributed by atoms with E-state index in [2.05, 4.69) is 10.3 Å². The number of pyridine rings is 1. The molecular weight excluding hydrogens is 418 g/mol. The van der Waals surface area contributed by atoms with Crippen LogP contribution in [0.4, 0.5) is 14.6 Å². The van der Waals surface area contributed by atoms with Gasteiger partial charge in [0.25, 0.3) is 0 Å². The summed E-state index contributed by atoms with van der Waals surface area (Å²) < 4.78 is 28.4. The highest BCUT2D eigenvalue weighted by atomic mass is 35.5. The maximum Gasteiger partial charge on any atom is 0.128 e. The van der Waals surface area contributed by atoms with Crippen LogP contribution >= 0.6 is 35.1 Å². The summed E-state index contributed by atoms with van der Waals surface area (Å²) in [5.74, 6) is 0.816. The molecule has 3 aromatic rings. The van der Waals surface area contributed by atoms with E-state index in [0.29, 0.717) is 5.02 Å². The number of nitrogens with zero attached hydrogens (tertiary/aromatic N) is 1. The number of hydrogen-bond donors (Lipinski definition) is 1. The zero-order chi connectivity index (χ0) is 19.9. The highest BCUT2D eigenvalue weighted by molar-refractivity contribution is 7.99. The molecule has 7 heteroatoms. The molecule has 2 aromatic carbocycles. The van der Waals surface area contributed by atoms with E-state index in [4.69, 9.17) is 11.6 Å². The van der Waals surface area contributed by atoms with E-state index in [1.807, 2.05) is 30.5 Å². The molecule has 1 atom stereocenters. The van der Waals surface area contributed by atoms with Gasteiger partial charge in [0.1, 0.15) is 17.5 Å². The molecule has 1 N–H and O–H groups in total. The van der Waals surface area contributed by atoms with Crippen LogP contribution in [0.3, 0.4) is 0 Å². The van der Waals surface area contributed by atoms with Crippen molar-refractivity contribution < 1.29 is 8.78 Å². The third kappa shape index (κ3) is 5.63. The van der Waals surface area contributed by atoms with E-state index < -0.39 is 16.9 Å². The summed E-state index contributed by atoms with van der Waals surface area (Å²) in [6.07, 6.45) is 3.75. The van der Waals surface area contributed by atoms with Crippen LogP contribution in [-0.4, -0.2) is 23.5 Å². The minimum Gasteiger partial charge on any atom is -0.369 e. The van der Waals surface area contributed by atoms with E-state index in [-0.39, 0.29) is 5.56 Å². The highest BCUT2D eigenvalue weighted by Crippen LogP contribution is 2.41. The fourth-order valence-corrected chi connectivity index (χ4v) is 4.20. The maximum atomic E-state index is 14.5. The molecule has 3 rings (SSSR count). The van der Waals surface area contributed by atoms with Gasteiger partial charge in [-0.15, -0.1) is 11.8 Å². The molecule has 1 aromatic heterocycles. The van der Waals surface area contributed by atoms with Crippen molar-refractivity contribution in [2.75, 3.05) is 23.9 Å². The quantitative estimate of drug-likeness (QED) is 0.315. The predicted molar refractivity (Wildman–Crippen MR) is 117 cm³/mol. The van der Waals surface area contributed by atoms with Gasteiger partial charge in [-0.25, -0.2) is 13.8 Å². The maximum absolute atomic E-state index is 14.5. The topological polar surface area (TPSA) is 24.9 Å². The number of anilines is 1. The molecule has 0 aliphatic carbocycles. The Balaban J connectivity index is 1.91. The van der Waals surface area contributed by atoms with Gasteiger partial charge >= 0.3 is 0 Å². The Hall–Kier alpha value is -1.76. The van der Waals surface area contributed by atoms with Gasteiger partial charge < -0.3 is 5.32 Å². The molecule has 0 bridgehead atoms. The Morgan fingerprint density at radius 2 is 1.86 bits per heavy atom. The van der Waals surface area contributed by atoms with Crippen molar-refractivity contribution in [1.82, 2.24) is 4.98 Å². The number of thioether (sulfide) groups is 2. The Bertz CT molecular complexity index is 905. The number of rotatable bonds is 8. The van der Waals surface area contributed by atoms with Crippen molar-refractivity contribution in [2.45, 2.75) is 10.1 Å². The zero-order valence-electron chi connectivity index (χ0n) is 15.2. The summed E-state index contributed by atoms with van der Waals surface area (Å²) in [6, 6.07) is 14.6. The summed E-state index contributed by atoms with van der Waals surface area (Å²) in [6.45, 7) is 0.814. The lowest BCUT2D eigenvalue weighted by molar-refractivity contribution is 0.587. The first-order chi connectivity index (χ1) is 13.6. The van der Waals surface area contributed by atoms with Crippen molar-refractivity contribution >= 4 is 40.9 Å². The highest BCUT2D eigenvalue weighted by Gasteiger charge is 2.21. The van der Waals surface area contributed by atoms with Crippen LogP contribution in [0.5, 0.6) is 0 Å². The summed E-state index contributed by atoms with van der Waals surface area (Å²) in [5.41, 5.74) is 1.07. The lowest BCUT2D eigenvalue weighted by Gasteiger charge is -2.19. The Morgan fingerprint density at radius 3 is 2.54 bits per heavy atom. The second-order valence-corrected chi connectivity index (χ2v) is 8.61. The van der Waals surface area contributed by atoms with Gasteiger partial charge in [0.15, 0.2) is 0 Å². The van der Waals surface area contributed by atoms with Crippen molar-refractivity contribution in [1.29, 1.82) is 0 Å². The lowest BCUT2D eigenvalue weighted by atomic mass is 10.1. The molecule has 2 nitrogen and oxygen atoms in total. The van der Waals surface area contributed by atoms with Crippen LogP contribution in [-0.2, 0) is 0 Å². The van der Waals surface area contributed by atoms with Gasteiger partial charge in [-0.05, 0) is 60.4 Å². The molecule has 0 saturated heterocycles. The molecule has 1 unspecified atom stereocenters. The minimum atomic E-state index is -0.471. The molecule has 0 fully saturated rings.